The first-order valence-electron chi connectivity index (χ1n) is 7.10. The summed E-state index contributed by atoms with van der Waals surface area (Å²) in [6, 6.07) is 13.6. The Bertz CT molecular complexity index is 951. The van der Waals surface area contributed by atoms with Crippen LogP contribution in [-0.2, 0) is 20.1 Å². The second-order valence-corrected chi connectivity index (χ2v) is 6.14. The molecule has 23 heavy (non-hydrogen) atoms. The first-order valence-corrected chi connectivity index (χ1v) is 7.98. The van der Waals surface area contributed by atoms with E-state index in [1.165, 1.54) is 16.8 Å². The molecular weight excluding hydrogens is 483 g/mol. The van der Waals surface area contributed by atoms with E-state index in [9.17, 15) is 0 Å². The van der Waals surface area contributed by atoms with E-state index in [-0.39, 0.29) is 20.1 Å². The van der Waals surface area contributed by atoms with Crippen LogP contribution in [0.2, 0.25) is 0 Å². The molecule has 2 aromatic heterocycles. The van der Waals surface area contributed by atoms with Gasteiger partial charge in [-0.1, -0.05) is 23.8 Å². The molecule has 2 heterocycles. The molecule has 0 fully saturated rings. The van der Waals surface area contributed by atoms with Crippen LogP contribution in [-0.4, -0.2) is 14.5 Å². The Kier molecular flexibility index (Phi) is 4.44. The second-order valence-electron chi connectivity index (χ2n) is 5.28. The van der Waals surface area contributed by atoms with Gasteiger partial charge in [0.25, 0.3) is 0 Å². The minimum atomic E-state index is 0. The molecule has 0 bridgehead atoms. The third kappa shape index (κ3) is 2.65. The maximum Gasteiger partial charge on any atom is 0.0692 e. The van der Waals surface area contributed by atoms with Gasteiger partial charge in [0.15, 0.2) is 0 Å². The van der Waals surface area contributed by atoms with E-state index in [1.54, 1.807) is 11.3 Å². The summed E-state index contributed by atoms with van der Waals surface area (Å²) in [5, 5.41) is 0. The van der Waals surface area contributed by atoms with Crippen LogP contribution in [0.5, 0.6) is 0 Å². The number of para-hydroxylation sites is 1. The molecule has 0 saturated carbocycles. The largest absolute Gasteiger partial charge is 0.339 e. The first kappa shape index (κ1) is 16.1. The van der Waals surface area contributed by atoms with Gasteiger partial charge in [-0.15, -0.1) is 18.2 Å². The number of hydrogen-bond donors (Lipinski definition) is 0. The molecule has 5 heteroatoms. The molecule has 0 atom stereocenters. The molecule has 4 aromatic rings. The number of hydrogen-bond acceptors (Lipinski definition) is 3. The average Bonchev–Trinajstić information content (AvgIpc) is 3.15. The van der Waals surface area contributed by atoms with Gasteiger partial charge < -0.3 is 4.57 Å². The minimum Gasteiger partial charge on any atom is -0.339 e. The van der Waals surface area contributed by atoms with Gasteiger partial charge in [0, 0.05) is 38.2 Å². The third-order valence-corrected chi connectivity index (χ3v) is 4.70. The molecule has 4 rings (SSSR count). The van der Waals surface area contributed by atoms with Crippen LogP contribution in [0.25, 0.3) is 27.3 Å². The topological polar surface area (TPSA) is 30.7 Å². The van der Waals surface area contributed by atoms with Crippen molar-refractivity contribution in [2.45, 2.75) is 13.8 Å². The summed E-state index contributed by atoms with van der Waals surface area (Å²) in [6.07, 6.45) is 3.85. The van der Waals surface area contributed by atoms with E-state index in [2.05, 4.69) is 52.6 Å². The van der Waals surface area contributed by atoms with Crippen LogP contribution in [0.4, 0.5) is 0 Å². The van der Waals surface area contributed by atoms with Crippen molar-refractivity contribution >= 4 is 21.6 Å². The fourth-order valence-corrected chi connectivity index (χ4v) is 3.63. The van der Waals surface area contributed by atoms with Crippen molar-refractivity contribution in [1.82, 2.24) is 14.5 Å². The molecule has 0 aliphatic carbocycles. The maximum absolute atomic E-state index is 4.59. The SMILES string of the molecule is Cc1cccc(C)c1-n1ccnc1-c1[c-]ccc2ncsc12.[Ir]. The molecule has 0 unspecified atom stereocenters. The third-order valence-electron chi connectivity index (χ3n) is 3.84. The Hall–Kier alpha value is -1.81. The fourth-order valence-electron chi connectivity index (χ4n) is 2.85. The summed E-state index contributed by atoms with van der Waals surface area (Å²) in [5.74, 6) is 0.909. The molecule has 3 nitrogen and oxygen atoms in total. The second kappa shape index (κ2) is 6.36. The summed E-state index contributed by atoms with van der Waals surface area (Å²) >= 11 is 1.63. The van der Waals surface area contributed by atoms with Gasteiger partial charge in [0.2, 0.25) is 0 Å². The summed E-state index contributed by atoms with van der Waals surface area (Å²) in [5.41, 5.74) is 7.52. The fraction of sp³-hybridized carbons (Fsp3) is 0.111. The van der Waals surface area contributed by atoms with Crippen molar-refractivity contribution < 1.29 is 20.1 Å². The van der Waals surface area contributed by atoms with Crippen LogP contribution < -0.4 is 0 Å². The van der Waals surface area contributed by atoms with E-state index in [4.69, 9.17) is 0 Å². The number of aromatic nitrogens is 3. The first-order chi connectivity index (χ1) is 10.8. The molecule has 117 valence electrons. The van der Waals surface area contributed by atoms with Crippen molar-refractivity contribution in [1.29, 1.82) is 0 Å². The van der Waals surface area contributed by atoms with Gasteiger partial charge in [-0.25, -0.2) is 0 Å². The van der Waals surface area contributed by atoms with Gasteiger partial charge in [0.1, 0.15) is 0 Å². The van der Waals surface area contributed by atoms with Crippen LogP contribution >= 0.6 is 11.3 Å². The molecule has 0 aliphatic heterocycles. The van der Waals surface area contributed by atoms with Crippen molar-refractivity contribution in [3.05, 3.63) is 65.4 Å². The molecule has 0 spiro atoms. The van der Waals surface area contributed by atoms with Crippen molar-refractivity contribution in [3.63, 3.8) is 0 Å². The molecule has 0 aliphatic rings. The number of benzene rings is 2. The Labute approximate surface area is 152 Å². The molecule has 0 saturated heterocycles. The van der Waals surface area contributed by atoms with Crippen molar-refractivity contribution in [2.75, 3.05) is 0 Å². The number of nitrogens with zero attached hydrogens (tertiary/aromatic N) is 3. The van der Waals surface area contributed by atoms with Gasteiger partial charge in [-0.05, 0) is 35.2 Å². The van der Waals surface area contributed by atoms with Crippen LogP contribution in [0, 0.1) is 19.9 Å². The van der Waals surface area contributed by atoms with E-state index in [0.29, 0.717) is 0 Å². The van der Waals surface area contributed by atoms with Gasteiger partial charge in [-0.3, -0.25) is 9.97 Å². The molecular formula is C18H14IrN3S-. The summed E-state index contributed by atoms with van der Waals surface area (Å²) in [6.45, 7) is 4.26. The molecule has 1 radical (unpaired) electrons. The van der Waals surface area contributed by atoms with Gasteiger partial charge in [0.05, 0.1) is 11.3 Å². The van der Waals surface area contributed by atoms with Crippen LogP contribution in [0.1, 0.15) is 11.1 Å². The predicted molar refractivity (Wildman–Crippen MR) is 90.5 cm³/mol. The number of aryl methyl sites for hydroxylation is 2. The van der Waals surface area contributed by atoms with E-state index >= 15 is 0 Å². The van der Waals surface area contributed by atoms with E-state index < -0.39 is 0 Å². The van der Waals surface area contributed by atoms with Crippen molar-refractivity contribution in [2.24, 2.45) is 0 Å². The number of rotatable bonds is 2. The van der Waals surface area contributed by atoms with E-state index in [1.807, 2.05) is 30.0 Å². The zero-order chi connectivity index (χ0) is 15.1. The molecule has 2 aromatic carbocycles. The normalized spacial score (nSPS) is 10.7. The Morgan fingerprint density at radius 1 is 1.09 bits per heavy atom. The maximum atomic E-state index is 4.59. The number of fused-ring (bicyclic) bond motifs is 1. The standard InChI is InChI=1S/C18H14N3S.Ir/c1-12-5-3-6-13(2)16(12)21-10-9-19-18(21)14-7-4-8-15-17(14)22-11-20-15;/h3-6,8-11H,1-2H3;/q-1;. The number of imidazole rings is 1. The van der Waals surface area contributed by atoms with Gasteiger partial charge >= 0.3 is 0 Å². The quantitative estimate of drug-likeness (QED) is 0.381. The monoisotopic (exact) mass is 497 g/mol. The molecule has 0 amide bonds. The van der Waals surface area contributed by atoms with Gasteiger partial charge in [-0.2, -0.15) is 11.3 Å². The summed E-state index contributed by atoms with van der Waals surface area (Å²) < 4.78 is 3.27. The van der Waals surface area contributed by atoms with Crippen molar-refractivity contribution in [3.8, 4) is 17.1 Å². The summed E-state index contributed by atoms with van der Waals surface area (Å²) in [7, 11) is 0. The molecule has 0 N–H and O–H groups in total. The van der Waals surface area contributed by atoms with Crippen LogP contribution in [0.3, 0.4) is 0 Å². The minimum absolute atomic E-state index is 0. The van der Waals surface area contributed by atoms with E-state index in [0.717, 1.165) is 21.6 Å². The summed E-state index contributed by atoms with van der Waals surface area (Å²) in [4.78, 5) is 8.97. The Morgan fingerprint density at radius 2 is 1.87 bits per heavy atom. The average molecular weight is 497 g/mol. The zero-order valence-corrected chi connectivity index (χ0v) is 15.9. The smallest absolute Gasteiger partial charge is 0.0692 e. The Balaban J connectivity index is 0.00000156. The zero-order valence-electron chi connectivity index (χ0n) is 12.7. The predicted octanol–water partition coefficient (Wildman–Crippen LogP) is 4.56. The number of thiazole rings is 1. The Morgan fingerprint density at radius 3 is 2.65 bits per heavy atom. The van der Waals surface area contributed by atoms with Crippen LogP contribution in [0.15, 0.2) is 48.2 Å².